The number of hydrogen-bond acceptors (Lipinski definition) is 3. The van der Waals surface area contributed by atoms with Gasteiger partial charge in [-0.2, -0.15) is 5.10 Å². The van der Waals surface area contributed by atoms with E-state index in [4.69, 9.17) is 5.53 Å². The van der Waals surface area contributed by atoms with Crippen LogP contribution in [0.4, 0.5) is 0 Å². The van der Waals surface area contributed by atoms with E-state index in [0.29, 0.717) is 5.56 Å². The highest BCUT2D eigenvalue weighted by Gasteiger charge is 2.16. The van der Waals surface area contributed by atoms with Crippen molar-refractivity contribution in [2.45, 2.75) is 13.0 Å². The fourth-order valence-electron chi connectivity index (χ4n) is 2.81. The molecule has 3 rings (SSSR count). The largest absolute Gasteiger partial charge is 0.345 e. The lowest BCUT2D eigenvalue weighted by Gasteiger charge is -2.17. The minimum atomic E-state index is -0.381. The van der Waals surface area contributed by atoms with Gasteiger partial charge in [0.25, 0.3) is 5.91 Å². The molecule has 0 fully saturated rings. The molecule has 0 spiro atoms. The van der Waals surface area contributed by atoms with Crippen LogP contribution >= 0.6 is 0 Å². The molecule has 1 heterocycles. The molecule has 0 saturated carbocycles. The Hall–Kier alpha value is -3.57. The number of aromatic nitrogens is 2. The standard InChI is InChI=1S/C19H18N6O/c1-13-9-15(7-8-17(13)16-10-21-22-11-16)19(26)24-18(12-23-25-20)14-5-3-2-4-6-14/h2-11,18H,12H2,1H3,(H,21,22)(H,24,26)/t18-/m1/s1. The van der Waals surface area contributed by atoms with E-state index in [-0.39, 0.29) is 18.5 Å². The molecule has 2 N–H and O–H groups in total. The molecule has 7 heteroatoms. The second-order valence-corrected chi connectivity index (χ2v) is 5.87. The molecule has 0 aliphatic rings. The molecular formula is C19H18N6O. The van der Waals surface area contributed by atoms with Gasteiger partial charge in [-0.15, -0.1) is 0 Å². The maximum Gasteiger partial charge on any atom is 0.251 e. The van der Waals surface area contributed by atoms with Crippen molar-refractivity contribution >= 4 is 5.91 Å². The van der Waals surface area contributed by atoms with Crippen LogP contribution < -0.4 is 5.32 Å². The van der Waals surface area contributed by atoms with Gasteiger partial charge in [0.1, 0.15) is 0 Å². The van der Waals surface area contributed by atoms with Crippen LogP contribution in [0.15, 0.2) is 66.0 Å². The number of carbonyl (C=O) groups excluding carboxylic acids is 1. The molecule has 0 radical (unpaired) electrons. The van der Waals surface area contributed by atoms with Gasteiger partial charge in [-0.05, 0) is 41.3 Å². The van der Waals surface area contributed by atoms with Crippen LogP contribution in [0.25, 0.3) is 21.6 Å². The predicted molar refractivity (Wildman–Crippen MR) is 99.4 cm³/mol. The molecule has 1 amide bonds. The number of aromatic amines is 1. The second-order valence-electron chi connectivity index (χ2n) is 5.87. The van der Waals surface area contributed by atoms with Gasteiger partial charge in [0.15, 0.2) is 0 Å². The van der Waals surface area contributed by atoms with Crippen molar-refractivity contribution < 1.29 is 4.79 Å². The zero-order chi connectivity index (χ0) is 18.4. The molecule has 0 unspecified atom stereocenters. The van der Waals surface area contributed by atoms with Gasteiger partial charge in [-0.3, -0.25) is 9.89 Å². The molecule has 0 aliphatic heterocycles. The molecule has 2 aromatic carbocycles. The fourth-order valence-corrected chi connectivity index (χ4v) is 2.81. The summed E-state index contributed by atoms with van der Waals surface area (Å²) < 4.78 is 0. The number of aryl methyl sites for hydroxylation is 1. The van der Waals surface area contributed by atoms with Gasteiger partial charge < -0.3 is 5.32 Å². The van der Waals surface area contributed by atoms with Crippen LogP contribution in [0.5, 0.6) is 0 Å². The highest BCUT2D eigenvalue weighted by Crippen LogP contribution is 2.23. The quantitative estimate of drug-likeness (QED) is 0.397. The topological polar surface area (TPSA) is 107 Å². The number of nitrogens with zero attached hydrogens (tertiary/aromatic N) is 4. The van der Waals surface area contributed by atoms with Crippen molar-refractivity contribution in [3.63, 3.8) is 0 Å². The summed E-state index contributed by atoms with van der Waals surface area (Å²) in [6.07, 6.45) is 3.56. The van der Waals surface area contributed by atoms with E-state index in [1.54, 1.807) is 12.3 Å². The summed E-state index contributed by atoms with van der Waals surface area (Å²) in [6, 6.07) is 14.6. The van der Waals surface area contributed by atoms with E-state index >= 15 is 0 Å². The van der Waals surface area contributed by atoms with Crippen LogP contribution in [-0.4, -0.2) is 22.6 Å². The average Bonchev–Trinajstić information content (AvgIpc) is 3.20. The Bertz CT molecular complexity index is 930. The second kappa shape index (κ2) is 8.00. The number of azide groups is 1. The van der Waals surface area contributed by atoms with E-state index in [9.17, 15) is 4.79 Å². The highest BCUT2D eigenvalue weighted by molar-refractivity contribution is 5.95. The molecule has 7 nitrogen and oxygen atoms in total. The third-order valence-corrected chi connectivity index (χ3v) is 4.13. The van der Waals surface area contributed by atoms with Gasteiger partial charge in [0.2, 0.25) is 0 Å². The summed E-state index contributed by atoms with van der Waals surface area (Å²) in [5, 5.41) is 13.3. The number of nitrogens with one attached hydrogen (secondary N) is 2. The van der Waals surface area contributed by atoms with Gasteiger partial charge >= 0.3 is 0 Å². The summed E-state index contributed by atoms with van der Waals surface area (Å²) in [4.78, 5) is 15.5. The molecule has 3 aromatic rings. The summed E-state index contributed by atoms with van der Waals surface area (Å²) >= 11 is 0. The first-order valence-corrected chi connectivity index (χ1v) is 8.15. The zero-order valence-corrected chi connectivity index (χ0v) is 14.3. The number of carbonyl (C=O) groups is 1. The van der Waals surface area contributed by atoms with E-state index in [2.05, 4.69) is 25.5 Å². The van der Waals surface area contributed by atoms with E-state index in [1.165, 1.54) is 0 Å². The number of rotatable bonds is 6. The average molecular weight is 346 g/mol. The number of hydrogen-bond donors (Lipinski definition) is 2. The van der Waals surface area contributed by atoms with Crippen molar-refractivity contribution in [3.05, 3.63) is 88.1 Å². The van der Waals surface area contributed by atoms with Gasteiger partial charge in [0.05, 0.1) is 18.8 Å². The number of benzene rings is 2. The van der Waals surface area contributed by atoms with Gasteiger partial charge in [-0.25, -0.2) is 0 Å². The molecule has 0 bridgehead atoms. The Morgan fingerprint density at radius 1 is 1.31 bits per heavy atom. The maximum absolute atomic E-state index is 12.7. The third kappa shape index (κ3) is 3.91. The molecule has 0 aliphatic carbocycles. The Kier molecular flexibility index (Phi) is 5.31. The monoisotopic (exact) mass is 346 g/mol. The summed E-state index contributed by atoms with van der Waals surface area (Å²) in [5.41, 5.74) is 13.0. The van der Waals surface area contributed by atoms with Crippen molar-refractivity contribution in [2.24, 2.45) is 5.11 Å². The lowest BCUT2D eigenvalue weighted by atomic mass is 10.00. The van der Waals surface area contributed by atoms with Gasteiger partial charge in [-0.1, -0.05) is 41.5 Å². The normalized spacial score (nSPS) is 11.4. The van der Waals surface area contributed by atoms with E-state index < -0.39 is 0 Å². The van der Waals surface area contributed by atoms with Crippen LogP contribution in [-0.2, 0) is 0 Å². The summed E-state index contributed by atoms with van der Waals surface area (Å²) in [6.45, 7) is 2.10. The molecule has 1 aromatic heterocycles. The first kappa shape index (κ1) is 17.3. The van der Waals surface area contributed by atoms with Crippen LogP contribution in [0, 0.1) is 6.92 Å². The lowest BCUT2D eigenvalue weighted by Crippen LogP contribution is -2.30. The number of amides is 1. The van der Waals surface area contributed by atoms with E-state index in [0.717, 1.165) is 22.3 Å². The summed E-state index contributed by atoms with van der Waals surface area (Å²) in [7, 11) is 0. The zero-order valence-electron chi connectivity index (χ0n) is 14.3. The smallest absolute Gasteiger partial charge is 0.251 e. The Morgan fingerprint density at radius 3 is 2.77 bits per heavy atom. The van der Waals surface area contributed by atoms with Crippen molar-refractivity contribution in [2.75, 3.05) is 6.54 Å². The van der Waals surface area contributed by atoms with Crippen LogP contribution in [0.1, 0.15) is 27.5 Å². The Balaban J connectivity index is 1.81. The Labute approximate surface area is 150 Å². The minimum Gasteiger partial charge on any atom is -0.345 e. The molecule has 1 atom stereocenters. The fraction of sp³-hybridized carbons (Fsp3) is 0.158. The highest BCUT2D eigenvalue weighted by atomic mass is 16.1. The van der Waals surface area contributed by atoms with Crippen LogP contribution in [0.3, 0.4) is 0 Å². The molecule has 26 heavy (non-hydrogen) atoms. The van der Waals surface area contributed by atoms with Crippen molar-refractivity contribution in [1.29, 1.82) is 0 Å². The minimum absolute atomic E-state index is 0.151. The predicted octanol–water partition coefficient (Wildman–Crippen LogP) is 4.17. The molecule has 130 valence electrons. The van der Waals surface area contributed by atoms with Crippen molar-refractivity contribution in [3.8, 4) is 11.1 Å². The maximum atomic E-state index is 12.7. The van der Waals surface area contributed by atoms with Crippen molar-refractivity contribution in [1.82, 2.24) is 15.5 Å². The summed E-state index contributed by atoms with van der Waals surface area (Å²) in [5.74, 6) is -0.214. The number of H-pyrrole nitrogens is 1. The van der Waals surface area contributed by atoms with Gasteiger partial charge in [0, 0.05) is 22.2 Å². The molecule has 0 saturated heterocycles. The lowest BCUT2D eigenvalue weighted by molar-refractivity contribution is 0.0938. The third-order valence-electron chi connectivity index (χ3n) is 4.13. The van der Waals surface area contributed by atoms with Crippen LogP contribution in [0.2, 0.25) is 0 Å². The molecular weight excluding hydrogens is 328 g/mol. The first-order chi connectivity index (χ1) is 12.7. The Morgan fingerprint density at radius 2 is 2.12 bits per heavy atom. The first-order valence-electron chi connectivity index (χ1n) is 8.15. The SMILES string of the molecule is Cc1cc(C(=O)N[C@H](CN=[N+]=[N-])c2ccccc2)ccc1-c1cn[nH]c1. The van der Waals surface area contributed by atoms with E-state index in [1.807, 2.05) is 55.6 Å².